The average Bonchev–Trinajstić information content (AvgIpc) is 2.05. The summed E-state index contributed by atoms with van der Waals surface area (Å²) in [4.78, 5) is 10.7. The summed E-state index contributed by atoms with van der Waals surface area (Å²) in [6.45, 7) is 0.712. The Morgan fingerprint density at radius 3 is 2.92 bits per heavy atom. The van der Waals surface area contributed by atoms with E-state index in [2.05, 4.69) is 0 Å². The van der Waals surface area contributed by atoms with Crippen molar-refractivity contribution in [2.75, 3.05) is 13.7 Å². The molecule has 0 aliphatic heterocycles. The number of ether oxygens (including phenoxy) is 1. The third kappa shape index (κ3) is 2.48. The van der Waals surface area contributed by atoms with Gasteiger partial charge in [0, 0.05) is 13.7 Å². The molecule has 0 heterocycles. The van der Waals surface area contributed by atoms with E-state index in [1.165, 1.54) is 0 Å². The van der Waals surface area contributed by atoms with Crippen LogP contribution in [0, 0.1) is 11.8 Å². The molecule has 1 fully saturated rings. The molecule has 1 aliphatic carbocycles. The van der Waals surface area contributed by atoms with Gasteiger partial charge in [-0.15, -0.1) is 0 Å². The van der Waals surface area contributed by atoms with Crippen molar-refractivity contribution < 1.29 is 14.6 Å². The molecule has 70 valence electrons. The second-order valence-corrected chi connectivity index (χ2v) is 3.52. The first-order chi connectivity index (χ1) is 5.74. The fraction of sp³-hybridized carbons (Fsp3) is 0.889. The van der Waals surface area contributed by atoms with Gasteiger partial charge in [-0.2, -0.15) is 0 Å². The van der Waals surface area contributed by atoms with E-state index < -0.39 is 5.97 Å². The highest BCUT2D eigenvalue weighted by Gasteiger charge is 2.26. The molecule has 3 heteroatoms. The largest absolute Gasteiger partial charge is 0.481 e. The molecule has 0 radical (unpaired) electrons. The molecule has 0 amide bonds. The Morgan fingerprint density at radius 2 is 2.33 bits per heavy atom. The Labute approximate surface area is 72.7 Å². The predicted octanol–water partition coefficient (Wildman–Crippen LogP) is 1.52. The molecule has 3 nitrogen and oxygen atoms in total. The van der Waals surface area contributed by atoms with Crippen LogP contribution in [0.5, 0.6) is 0 Å². The van der Waals surface area contributed by atoms with Crippen molar-refractivity contribution in [3.05, 3.63) is 0 Å². The molecule has 0 bridgehead atoms. The SMILES string of the molecule is COCC1CCCC(C(=O)O)C1. The highest BCUT2D eigenvalue weighted by atomic mass is 16.5. The quantitative estimate of drug-likeness (QED) is 0.702. The van der Waals surface area contributed by atoms with Crippen LogP contribution >= 0.6 is 0 Å². The third-order valence-electron chi connectivity index (χ3n) is 2.53. The molecule has 0 aromatic carbocycles. The lowest BCUT2D eigenvalue weighted by Gasteiger charge is -2.25. The molecule has 2 unspecified atom stereocenters. The average molecular weight is 172 g/mol. The summed E-state index contributed by atoms with van der Waals surface area (Å²) in [6.07, 6.45) is 3.79. The molecular formula is C9H16O3. The summed E-state index contributed by atoms with van der Waals surface area (Å²) in [5, 5.41) is 8.78. The number of methoxy groups -OCH3 is 1. The number of hydrogen-bond donors (Lipinski definition) is 1. The van der Waals surface area contributed by atoms with Crippen molar-refractivity contribution in [2.24, 2.45) is 11.8 Å². The van der Waals surface area contributed by atoms with Gasteiger partial charge in [0.15, 0.2) is 0 Å². The Balaban J connectivity index is 2.35. The van der Waals surface area contributed by atoms with Crippen LogP contribution in [0.2, 0.25) is 0 Å². The van der Waals surface area contributed by atoms with Crippen LogP contribution in [0.15, 0.2) is 0 Å². The summed E-state index contributed by atoms with van der Waals surface area (Å²) >= 11 is 0. The fourth-order valence-electron chi connectivity index (χ4n) is 1.90. The van der Waals surface area contributed by atoms with Gasteiger partial charge in [-0.1, -0.05) is 6.42 Å². The number of carboxylic acid groups (broad SMARTS) is 1. The van der Waals surface area contributed by atoms with Crippen molar-refractivity contribution in [1.29, 1.82) is 0 Å². The first-order valence-electron chi connectivity index (χ1n) is 4.45. The van der Waals surface area contributed by atoms with E-state index in [1.54, 1.807) is 7.11 Å². The Hall–Kier alpha value is -0.570. The van der Waals surface area contributed by atoms with Gasteiger partial charge in [-0.25, -0.2) is 0 Å². The number of carboxylic acids is 1. The topological polar surface area (TPSA) is 46.5 Å². The van der Waals surface area contributed by atoms with Crippen LogP contribution in [-0.4, -0.2) is 24.8 Å². The minimum absolute atomic E-state index is 0.126. The van der Waals surface area contributed by atoms with Crippen LogP contribution in [0.3, 0.4) is 0 Å². The van der Waals surface area contributed by atoms with E-state index in [1.807, 2.05) is 0 Å². The molecule has 0 aromatic rings. The molecule has 0 saturated heterocycles. The van der Waals surface area contributed by atoms with Crippen molar-refractivity contribution in [3.8, 4) is 0 Å². The van der Waals surface area contributed by atoms with Gasteiger partial charge in [0.1, 0.15) is 0 Å². The highest BCUT2D eigenvalue weighted by Crippen LogP contribution is 2.29. The maximum absolute atomic E-state index is 10.7. The number of carbonyl (C=O) groups is 1. The Morgan fingerprint density at radius 1 is 1.58 bits per heavy atom. The van der Waals surface area contributed by atoms with E-state index in [0.717, 1.165) is 25.7 Å². The normalized spacial score (nSPS) is 30.1. The molecule has 1 rings (SSSR count). The lowest BCUT2D eigenvalue weighted by molar-refractivity contribution is -0.143. The molecule has 0 spiro atoms. The number of hydrogen-bond acceptors (Lipinski definition) is 2. The summed E-state index contributed by atoms with van der Waals surface area (Å²) in [5.74, 6) is -0.306. The van der Waals surface area contributed by atoms with E-state index in [0.29, 0.717) is 12.5 Å². The van der Waals surface area contributed by atoms with E-state index in [4.69, 9.17) is 9.84 Å². The molecule has 2 atom stereocenters. The monoisotopic (exact) mass is 172 g/mol. The highest BCUT2D eigenvalue weighted by molar-refractivity contribution is 5.70. The summed E-state index contributed by atoms with van der Waals surface area (Å²) < 4.78 is 5.02. The summed E-state index contributed by atoms with van der Waals surface area (Å²) in [5.41, 5.74) is 0. The van der Waals surface area contributed by atoms with Crippen molar-refractivity contribution >= 4 is 5.97 Å². The van der Waals surface area contributed by atoms with Gasteiger partial charge in [-0.3, -0.25) is 4.79 Å². The van der Waals surface area contributed by atoms with Crippen LogP contribution < -0.4 is 0 Å². The van der Waals surface area contributed by atoms with Crippen molar-refractivity contribution in [2.45, 2.75) is 25.7 Å². The Bertz CT molecular complexity index is 154. The van der Waals surface area contributed by atoms with Crippen LogP contribution in [-0.2, 0) is 9.53 Å². The molecule has 1 N–H and O–H groups in total. The zero-order valence-corrected chi connectivity index (χ0v) is 7.45. The Kier molecular flexibility index (Phi) is 3.53. The fourth-order valence-corrected chi connectivity index (χ4v) is 1.90. The van der Waals surface area contributed by atoms with Crippen LogP contribution in [0.25, 0.3) is 0 Å². The minimum atomic E-state index is -0.643. The van der Waals surface area contributed by atoms with Gasteiger partial charge in [0.05, 0.1) is 5.92 Å². The third-order valence-corrected chi connectivity index (χ3v) is 2.53. The number of rotatable bonds is 3. The van der Waals surface area contributed by atoms with E-state index >= 15 is 0 Å². The maximum atomic E-state index is 10.7. The zero-order chi connectivity index (χ0) is 8.97. The lowest BCUT2D eigenvalue weighted by Crippen LogP contribution is -2.24. The lowest BCUT2D eigenvalue weighted by atomic mass is 9.82. The standard InChI is InChI=1S/C9H16O3/c1-12-6-7-3-2-4-8(5-7)9(10)11/h7-8H,2-6H2,1H3,(H,10,11). The summed E-state index contributed by atoms with van der Waals surface area (Å²) in [6, 6.07) is 0. The molecular weight excluding hydrogens is 156 g/mol. The van der Waals surface area contributed by atoms with Gasteiger partial charge < -0.3 is 9.84 Å². The molecule has 1 saturated carbocycles. The van der Waals surface area contributed by atoms with Crippen LogP contribution in [0.4, 0.5) is 0 Å². The first kappa shape index (κ1) is 9.52. The minimum Gasteiger partial charge on any atom is -0.481 e. The van der Waals surface area contributed by atoms with Crippen molar-refractivity contribution in [3.63, 3.8) is 0 Å². The second-order valence-electron chi connectivity index (χ2n) is 3.52. The molecule has 0 aromatic heterocycles. The summed E-state index contributed by atoms with van der Waals surface area (Å²) in [7, 11) is 1.67. The van der Waals surface area contributed by atoms with E-state index in [9.17, 15) is 4.79 Å². The zero-order valence-electron chi connectivity index (χ0n) is 7.45. The predicted molar refractivity (Wildman–Crippen MR) is 45.0 cm³/mol. The van der Waals surface area contributed by atoms with E-state index in [-0.39, 0.29) is 5.92 Å². The maximum Gasteiger partial charge on any atom is 0.306 e. The van der Waals surface area contributed by atoms with Gasteiger partial charge in [0.2, 0.25) is 0 Å². The smallest absolute Gasteiger partial charge is 0.306 e. The van der Waals surface area contributed by atoms with Gasteiger partial charge >= 0.3 is 5.97 Å². The first-order valence-corrected chi connectivity index (χ1v) is 4.45. The van der Waals surface area contributed by atoms with Crippen LogP contribution in [0.1, 0.15) is 25.7 Å². The number of aliphatic carboxylic acids is 1. The van der Waals surface area contributed by atoms with Crippen molar-refractivity contribution in [1.82, 2.24) is 0 Å². The molecule has 12 heavy (non-hydrogen) atoms. The van der Waals surface area contributed by atoms with Gasteiger partial charge in [-0.05, 0) is 25.2 Å². The second kappa shape index (κ2) is 4.45. The van der Waals surface area contributed by atoms with Gasteiger partial charge in [0.25, 0.3) is 0 Å². The molecule has 1 aliphatic rings.